The zero-order valence-corrected chi connectivity index (χ0v) is 12.4. The Balaban J connectivity index is 2.49. The van der Waals surface area contributed by atoms with Gasteiger partial charge in [-0.05, 0) is 42.3 Å². The smallest absolute Gasteiger partial charge is 0.330 e. The van der Waals surface area contributed by atoms with E-state index in [0.29, 0.717) is 11.3 Å². The van der Waals surface area contributed by atoms with E-state index >= 15 is 0 Å². The number of carbonyl (C=O) groups is 1. The normalized spacial score (nSPS) is 12.8. The Morgan fingerprint density at radius 3 is 2.41 bits per heavy atom. The summed E-state index contributed by atoms with van der Waals surface area (Å²) in [5.74, 6) is -0.967. The highest BCUT2D eigenvalue weighted by Crippen LogP contribution is 2.29. The average Bonchev–Trinajstić information content (AvgIpc) is 2.52. The number of halogens is 1. The third kappa shape index (κ3) is 3.73. The van der Waals surface area contributed by atoms with Gasteiger partial charge in [-0.15, -0.1) is 0 Å². The second-order valence-electron chi connectivity index (χ2n) is 4.96. The number of hydrogen-bond acceptors (Lipinski definition) is 2. The molecule has 0 saturated heterocycles. The van der Waals surface area contributed by atoms with Crippen LogP contribution in [0.1, 0.15) is 24.0 Å². The number of benzene rings is 2. The van der Waals surface area contributed by atoms with Crippen molar-refractivity contribution in [1.82, 2.24) is 0 Å². The Hall–Kier alpha value is -2.62. The van der Waals surface area contributed by atoms with E-state index in [9.17, 15) is 9.18 Å². The van der Waals surface area contributed by atoms with Crippen LogP contribution in [0.15, 0.2) is 60.2 Å². The molecular weight excluding hydrogens is 283 g/mol. The molecule has 0 amide bonds. The summed E-state index contributed by atoms with van der Waals surface area (Å²) in [5, 5.41) is 9.10. The predicted molar refractivity (Wildman–Crippen MR) is 82.6 cm³/mol. The number of ether oxygens (including phenoxy) is 1. The molecule has 0 bridgehead atoms. The molecule has 0 fully saturated rings. The van der Waals surface area contributed by atoms with Gasteiger partial charge in [0, 0.05) is 11.5 Å². The lowest BCUT2D eigenvalue weighted by molar-refractivity contribution is -0.132. The van der Waals surface area contributed by atoms with E-state index in [1.54, 1.807) is 37.5 Å². The molecule has 1 N–H and O–H groups in total. The van der Waals surface area contributed by atoms with Gasteiger partial charge in [0.05, 0.1) is 7.11 Å². The third-order valence-corrected chi connectivity index (χ3v) is 3.44. The van der Waals surface area contributed by atoms with Crippen molar-refractivity contribution in [2.75, 3.05) is 7.11 Å². The number of rotatable bonds is 5. The van der Waals surface area contributed by atoms with Crippen LogP contribution >= 0.6 is 0 Å². The molecule has 0 heterocycles. The first-order chi connectivity index (χ1) is 10.5. The molecule has 4 heteroatoms. The molecular formula is C18H17FO3. The van der Waals surface area contributed by atoms with E-state index in [4.69, 9.17) is 9.84 Å². The van der Waals surface area contributed by atoms with Gasteiger partial charge in [-0.25, -0.2) is 9.18 Å². The van der Waals surface area contributed by atoms with E-state index in [1.165, 1.54) is 19.1 Å². The number of hydrogen-bond donors (Lipinski definition) is 1. The third-order valence-electron chi connectivity index (χ3n) is 3.44. The molecule has 0 saturated carbocycles. The zero-order valence-electron chi connectivity index (χ0n) is 12.4. The van der Waals surface area contributed by atoms with Crippen LogP contribution in [0.4, 0.5) is 4.39 Å². The summed E-state index contributed by atoms with van der Waals surface area (Å²) in [5.41, 5.74) is 1.78. The van der Waals surface area contributed by atoms with Crippen LogP contribution in [0.5, 0.6) is 5.75 Å². The monoisotopic (exact) mass is 300 g/mol. The number of carboxylic acids is 1. The molecule has 0 aromatic heterocycles. The fourth-order valence-corrected chi connectivity index (χ4v) is 2.22. The second kappa shape index (κ2) is 6.89. The fraction of sp³-hybridized carbons (Fsp3) is 0.167. The standard InChI is InChI=1S/C18H17FO3/c1-12(18(20)21)10-17(14-4-3-5-15(19)11-14)13-6-8-16(22-2)9-7-13/h3-11,17H,1-2H3,(H,20,21)/b12-10+. The summed E-state index contributed by atoms with van der Waals surface area (Å²) in [7, 11) is 1.58. The maximum atomic E-state index is 13.5. The van der Waals surface area contributed by atoms with Crippen molar-refractivity contribution >= 4 is 5.97 Å². The highest BCUT2D eigenvalue weighted by molar-refractivity contribution is 5.86. The lowest BCUT2D eigenvalue weighted by Gasteiger charge is -2.15. The molecule has 0 aliphatic heterocycles. The van der Waals surface area contributed by atoms with E-state index < -0.39 is 5.97 Å². The van der Waals surface area contributed by atoms with Gasteiger partial charge >= 0.3 is 5.97 Å². The van der Waals surface area contributed by atoms with Crippen LogP contribution in [0.3, 0.4) is 0 Å². The molecule has 3 nitrogen and oxygen atoms in total. The van der Waals surface area contributed by atoms with Crippen molar-refractivity contribution in [3.05, 3.63) is 77.1 Å². The van der Waals surface area contributed by atoms with Crippen LogP contribution in [0.2, 0.25) is 0 Å². The highest BCUT2D eigenvalue weighted by Gasteiger charge is 2.15. The summed E-state index contributed by atoms with van der Waals surface area (Å²) >= 11 is 0. The van der Waals surface area contributed by atoms with Crippen LogP contribution in [-0.4, -0.2) is 18.2 Å². The van der Waals surface area contributed by atoms with E-state index in [2.05, 4.69) is 0 Å². The van der Waals surface area contributed by atoms with Gasteiger partial charge in [-0.2, -0.15) is 0 Å². The summed E-state index contributed by atoms with van der Waals surface area (Å²) < 4.78 is 18.6. The van der Waals surface area contributed by atoms with E-state index in [-0.39, 0.29) is 17.3 Å². The predicted octanol–water partition coefficient (Wildman–Crippen LogP) is 4.00. The second-order valence-corrected chi connectivity index (χ2v) is 4.96. The number of allylic oxidation sites excluding steroid dienone is 1. The molecule has 2 rings (SSSR count). The summed E-state index contributed by atoms with van der Waals surface area (Å²) in [6, 6.07) is 13.5. The van der Waals surface area contributed by atoms with Crippen LogP contribution < -0.4 is 4.74 Å². The van der Waals surface area contributed by atoms with Crippen LogP contribution in [0.25, 0.3) is 0 Å². The van der Waals surface area contributed by atoms with E-state index in [0.717, 1.165) is 5.56 Å². The van der Waals surface area contributed by atoms with Gasteiger partial charge in [0.25, 0.3) is 0 Å². The zero-order chi connectivity index (χ0) is 16.1. The minimum Gasteiger partial charge on any atom is -0.497 e. The van der Waals surface area contributed by atoms with Crippen molar-refractivity contribution in [1.29, 1.82) is 0 Å². The summed E-state index contributed by atoms with van der Waals surface area (Å²) in [6.45, 7) is 1.53. The molecule has 22 heavy (non-hydrogen) atoms. The number of aliphatic carboxylic acids is 1. The molecule has 0 aliphatic rings. The Bertz CT molecular complexity index is 690. The Morgan fingerprint density at radius 1 is 1.18 bits per heavy atom. The van der Waals surface area contributed by atoms with Gasteiger partial charge in [0.1, 0.15) is 11.6 Å². The van der Waals surface area contributed by atoms with Gasteiger partial charge in [-0.3, -0.25) is 0 Å². The molecule has 1 atom stereocenters. The van der Waals surface area contributed by atoms with Gasteiger partial charge in [0.2, 0.25) is 0 Å². The Morgan fingerprint density at radius 2 is 1.86 bits per heavy atom. The minimum absolute atomic E-state index is 0.213. The van der Waals surface area contributed by atoms with Gasteiger partial charge in [0.15, 0.2) is 0 Å². The summed E-state index contributed by atoms with van der Waals surface area (Å²) in [4.78, 5) is 11.1. The van der Waals surface area contributed by atoms with Gasteiger partial charge < -0.3 is 9.84 Å². The van der Waals surface area contributed by atoms with Crippen LogP contribution in [0, 0.1) is 5.82 Å². The SMILES string of the molecule is COc1ccc(C(/C=C(\C)C(=O)O)c2cccc(F)c2)cc1. The lowest BCUT2D eigenvalue weighted by Crippen LogP contribution is -2.03. The quantitative estimate of drug-likeness (QED) is 0.849. The van der Waals surface area contributed by atoms with Crippen molar-refractivity contribution in [3.63, 3.8) is 0 Å². The van der Waals surface area contributed by atoms with Crippen molar-refractivity contribution < 1.29 is 19.0 Å². The molecule has 0 aliphatic carbocycles. The maximum absolute atomic E-state index is 13.5. The fourth-order valence-electron chi connectivity index (χ4n) is 2.22. The van der Waals surface area contributed by atoms with Gasteiger partial charge in [-0.1, -0.05) is 30.3 Å². The minimum atomic E-state index is -0.991. The molecule has 0 radical (unpaired) electrons. The topological polar surface area (TPSA) is 46.5 Å². The summed E-state index contributed by atoms with van der Waals surface area (Å²) in [6.07, 6.45) is 1.62. The van der Waals surface area contributed by atoms with Crippen molar-refractivity contribution in [3.8, 4) is 5.75 Å². The Labute approximate surface area is 128 Å². The largest absolute Gasteiger partial charge is 0.497 e. The van der Waals surface area contributed by atoms with Crippen molar-refractivity contribution in [2.45, 2.75) is 12.8 Å². The molecule has 2 aromatic rings. The highest BCUT2D eigenvalue weighted by atomic mass is 19.1. The van der Waals surface area contributed by atoms with Crippen molar-refractivity contribution in [2.24, 2.45) is 0 Å². The first-order valence-corrected chi connectivity index (χ1v) is 6.82. The molecule has 2 aromatic carbocycles. The number of carboxylic acid groups (broad SMARTS) is 1. The first-order valence-electron chi connectivity index (χ1n) is 6.82. The molecule has 0 spiro atoms. The Kier molecular flexibility index (Phi) is 4.94. The number of methoxy groups -OCH3 is 1. The first kappa shape index (κ1) is 15.8. The maximum Gasteiger partial charge on any atom is 0.330 e. The van der Waals surface area contributed by atoms with Crippen LogP contribution in [-0.2, 0) is 4.79 Å². The van der Waals surface area contributed by atoms with E-state index in [1.807, 2.05) is 12.1 Å². The molecule has 114 valence electrons. The molecule has 1 unspecified atom stereocenters. The average molecular weight is 300 g/mol. The lowest BCUT2D eigenvalue weighted by atomic mass is 9.89.